The molecule has 0 unspecified atom stereocenters. The zero-order valence-corrected chi connectivity index (χ0v) is 11.6. The predicted molar refractivity (Wildman–Crippen MR) is 85.9 cm³/mol. The molecule has 0 radical (unpaired) electrons. The SMILES string of the molecule is CN1c2ccccc2CCc2cc3ccccc3cc21. The molecule has 0 fully saturated rings. The van der Waals surface area contributed by atoms with E-state index in [0.717, 1.165) is 12.8 Å². The van der Waals surface area contributed by atoms with E-state index in [2.05, 4.69) is 72.6 Å². The normalized spacial score (nSPS) is 13.8. The summed E-state index contributed by atoms with van der Waals surface area (Å²) >= 11 is 0. The smallest absolute Gasteiger partial charge is 0.0447 e. The van der Waals surface area contributed by atoms with Crippen molar-refractivity contribution in [1.82, 2.24) is 0 Å². The third-order valence-corrected chi connectivity index (χ3v) is 4.32. The van der Waals surface area contributed by atoms with Crippen LogP contribution >= 0.6 is 0 Å². The van der Waals surface area contributed by atoms with Gasteiger partial charge < -0.3 is 4.90 Å². The van der Waals surface area contributed by atoms with Gasteiger partial charge in [0.05, 0.1) is 0 Å². The Morgan fingerprint density at radius 3 is 2.20 bits per heavy atom. The molecule has 0 atom stereocenters. The molecule has 3 aromatic carbocycles. The van der Waals surface area contributed by atoms with Crippen molar-refractivity contribution in [3.63, 3.8) is 0 Å². The number of hydrogen-bond acceptors (Lipinski definition) is 1. The molecule has 1 heterocycles. The largest absolute Gasteiger partial charge is 0.344 e. The van der Waals surface area contributed by atoms with Crippen LogP contribution in [0.2, 0.25) is 0 Å². The highest BCUT2D eigenvalue weighted by atomic mass is 15.1. The molecule has 0 N–H and O–H groups in total. The van der Waals surface area contributed by atoms with Crippen LogP contribution in [0.3, 0.4) is 0 Å². The molecule has 1 aliphatic heterocycles. The fourth-order valence-electron chi connectivity index (χ4n) is 3.24. The summed E-state index contributed by atoms with van der Waals surface area (Å²) in [4.78, 5) is 2.34. The summed E-state index contributed by atoms with van der Waals surface area (Å²) in [5.41, 5.74) is 5.56. The topological polar surface area (TPSA) is 3.24 Å². The van der Waals surface area contributed by atoms with Gasteiger partial charge in [-0.25, -0.2) is 0 Å². The van der Waals surface area contributed by atoms with Gasteiger partial charge in [0.15, 0.2) is 0 Å². The molecule has 4 rings (SSSR count). The number of para-hydroxylation sites is 1. The van der Waals surface area contributed by atoms with Gasteiger partial charge in [0.1, 0.15) is 0 Å². The van der Waals surface area contributed by atoms with Crippen molar-refractivity contribution in [2.75, 3.05) is 11.9 Å². The second-order valence-corrected chi connectivity index (χ2v) is 5.52. The van der Waals surface area contributed by atoms with E-state index in [0.29, 0.717) is 0 Å². The first kappa shape index (κ1) is 11.5. The maximum absolute atomic E-state index is 2.35. The molecule has 0 amide bonds. The van der Waals surface area contributed by atoms with Crippen LogP contribution in [0.5, 0.6) is 0 Å². The van der Waals surface area contributed by atoms with Gasteiger partial charge in [0, 0.05) is 18.4 Å². The molecular weight excluding hydrogens is 242 g/mol. The van der Waals surface area contributed by atoms with Crippen molar-refractivity contribution < 1.29 is 0 Å². The van der Waals surface area contributed by atoms with Crippen molar-refractivity contribution in [1.29, 1.82) is 0 Å². The lowest BCUT2D eigenvalue weighted by molar-refractivity contribution is 0.979. The number of fused-ring (bicyclic) bond motifs is 3. The molecule has 0 aliphatic carbocycles. The third-order valence-electron chi connectivity index (χ3n) is 4.32. The molecule has 0 spiro atoms. The van der Waals surface area contributed by atoms with Gasteiger partial charge in [0.25, 0.3) is 0 Å². The number of nitrogens with zero attached hydrogens (tertiary/aromatic N) is 1. The van der Waals surface area contributed by atoms with Gasteiger partial charge in [-0.05, 0) is 52.9 Å². The number of hydrogen-bond donors (Lipinski definition) is 0. The summed E-state index contributed by atoms with van der Waals surface area (Å²) in [6, 6.07) is 22.0. The van der Waals surface area contributed by atoms with Gasteiger partial charge in [-0.15, -0.1) is 0 Å². The van der Waals surface area contributed by atoms with E-state index < -0.39 is 0 Å². The first-order chi connectivity index (χ1) is 9.83. The van der Waals surface area contributed by atoms with E-state index in [9.17, 15) is 0 Å². The lowest BCUT2D eigenvalue weighted by atomic mass is 10.0. The number of rotatable bonds is 0. The Morgan fingerprint density at radius 1 is 0.700 bits per heavy atom. The van der Waals surface area contributed by atoms with Gasteiger partial charge >= 0.3 is 0 Å². The van der Waals surface area contributed by atoms with Crippen molar-refractivity contribution >= 4 is 22.1 Å². The van der Waals surface area contributed by atoms with E-state index in [4.69, 9.17) is 0 Å². The molecular formula is C19H17N. The van der Waals surface area contributed by atoms with Crippen LogP contribution in [0.15, 0.2) is 60.7 Å². The van der Waals surface area contributed by atoms with Crippen LogP contribution in [-0.2, 0) is 12.8 Å². The van der Waals surface area contributed by atoms with Crippen molar-refractivity contribution in [3.05, 3.63) is 71.8 Å². The molecule has 1 nitrogen and oxygen atoms in total. The second-order valence-electron chi connectivity index (χ2n) is 5.52. The predicted octanol–water partition coefficient (Wildman–Crippen LogP) is 4.71. The Labute approximate surface area is 119 Å². The van der Waals surface area contributed by atoms with E-state index in [1.807, 2.05) is 0 Å². The molecule has 98 valence electrons. The van der Waals surface area contributed by atoms with E-state index >= 15 is 0 Å². The van der Waals surface area contributed by atoms with Gasteiger partial charge in [-0.2, -0.15) is 0 Å². The van der Waals surface area contributed by atoms with Gasteiger partial charge in [-0.1, -0.05) is 42.5 Å². The number of anilines is 2. The Kier molecular flexibility index (Phi) is 2.53. The van der Waals surface area contributed by atoms with Crippen LogP contribution in [-0.4, -0.2) is 7.05 Å². The maximum Gasteiger partial charge on any atom is 0.0447 e. The fourth-order valence-corrected chi connectivity index (χ4v) is 3.24. The van der Waals surface area contributed by atoms with Crippen LogP contribution in [0.1, 0.15) is 11.1 Å². The first-order valence-corrected chi connectivity index (χ1v) is 7.16. The van der Waals surface area contributed by atoms with Crippen molar-refractivity contribution in [3.8, 4) is 0 Å². The lowest BCUT2D eigenvalue weighted by Crippen LogP contribution is -2.11. The van der Waals surface area contributed by atoms with Crippen molar-refractivity contribution in [2.45, 2.75) is 12.8 Å². The summed E-state index contributed by atoms with van der Waals surface area (Å²) < 4.78 is 0. The Hall–Kier alpha value is -2.28. The van der Waals surface area contributed by atoms with Gasteiger partial charge in [0.2, 0.25) is 0 Å². The average Bonchev–Trinajstić information content (AvgIpc) is 2.64. The minimum Gasteiger partial charge on any atom is -0.344 e. The molecule has 0 saturated carbocycles. The van der Waals surface area contributed by atoms with E-state index in [-0.39, 0.29) is 0 Å². The quantitative estimate of drug-likeness (QED) is 0.565. The summed E-state index contributed by atoms with van der Waals surface area (Å²) in [7, 11) is 2.18. The fraction of sp³-hybridized carbons (Fsp3) is 0.158. The molecule has 0 saturated heterocycles. The van der Waals surface area contributed by atoms with Crippen LogP contribution in [0, 0.1) is 0 Å². The monoisotopic (exact) mass is 259 g/mol. The summed E-state index contributed by atoms with van der Waals surface area (Å²) in [5.74, 6) is 0. The summed E-state index contributed by atoms with van der Waals surface area (Å²) in [5, 5.41) is 2.66. The Morgan fingerprint density at radius 2 is 1.35 bits per heavy atom. The van der Waals surface area contributed by atoms with Crippen LogP contribution in [0.4, 0.5) is 11.4 Å². The Bertz CT molecular complexity index is 789. The standard InChI is InChI=1S/C19H17N/c1-20-18-9-5-4-6-14(18)10-11-17-12-15-7-2-3-8-16(15)13-19(17)20/h2-9,12-13H,10-11H2,1H3. The van der Waals surface area contributed by atoms with Crippen LogP contribution in [0.25, 0.3) is 10.8 Å². The lowest BCUT2D eigenvalue weighted by Gasteiger charge is -2.22. The minimum absolute atomic E-state index is 1.11. The summed E-state index contributed by atoms with van der Waals surface area (Å²) in [6.07, 6.45) is 2.23. The maximum atomic E-state index is 2.35. The highest BCUT2D eigenvalue weighted by Gasteiger charge is 2.17. The Balaban J connectivity index is 1.96. The van der Waals surface area contributed by atoms with E-state index in [1.54, 1.807) is 0 Å². The second kappa shape index (κ2) is 4.38. The third kappa shape index (κ3) is 1.70. The number of benzene rings is 3. The highest BCUT2D eigenvalue weighted by molar-refractivity contribution is 5.89. The molecule has 0 aromatic heterocycles. The zero-order chi connectivity index (χ0) is 13.5. The highest BCUT2D eigenvalue weighted by Crippen LogP contribution is 2.36. The molecule has 3 aromatic rings. The molecule has 1 heteroatoms. The number of aryl methyl sites for hydroxylation is 2. The molecule has 1 aliphatic rings. The van der Waals surface area contributed by atoms with E-state index in [1.165, 1.54) is 33.3 Å². The zero-order valence-electron chi connectivity index (χ0n) is 11.6. The molecule has 0 bridgehead atoms. The first-order valence-electron chi connectivity index (χ1n) is 7.16. The van der Waals surface area contributed by atoms with Crippen LogP contribution < -0.4 is 4.90 Å². The molecule has 20 heavy (non-hydrogen) atoms. The van der Waals surface area contributed by atoms with Gasteiger partial charge in [-0.3, -0.25) is 0 Å². The minimum atomic E-state index is 1.11. The average molecular weight is 259 g/mol. The summed E-state index contributed by atoms with van der Waals surface area (Å²) in [6.45, 7) is 0. The van der Waals surface area contributed by atoms with Crippen molar-refractivity contribution in [2.24, 2.45) is 0 Å².